The van der Waals surface area contributed by atoms with E-state index in [0.29, 0.717) is 21.2 Å². The quantitative estimate of drug-likeness (QED) is 0.547. The molecule has 3 aromatic rings. The highest BCUT2D eigenvalue weighted by Gasteiger charge is 2.55. The van der Waals surface area contributed by atoms with Crippen LogP contribution >= 0.6 is 22.9 Å². The molecule has 0 saturated carbocycles. The lowest BCUT2D eigenvalue weighted by atomic mass is 9.90. The second-order valence-corrected chi connectivity index (χ2v) is 7.44. The zero-order chi connectivity index (χ0) is 18.3. The summed E-state index contributed by atoms with van der Waals surface area (Å²) in [7, 11) is 0. The van der Waals surface area contributed by atoms with Crippen molar-refractivity contribution in [2.45, 2.75) is 12.1 Å². The van der Waals surface area contributed by atoms with E-state index in [9.17, 15) is 14.7 Å². The number of ketones is 1. The van der Waals surface area contributed by atoms with E-state index in [1.165, 1.54) is 16.2 Å². The number of halogens is 1. The zero-order valence-electron chi connectivity index (χ0n) is 13.6. The maximum absolute atomic E-state index is 13.1. The Balaban J connectivity index is 1.77. The summed E-state index contributed by atoms with van der Waals surface area (Å²) in [4.78, 5) is 27.9. The van der Waals surface area contributed by atoms with Crippen LogP contribution in [0, 0.1) is 0 Å². The number of Topliss-reactive ketones (excluding diaryl/α,β-unsaturated/α-hetero) is 1. The molecule has 4 nitrogen and oxygen atoms in total. The number of thiophene rings is 1. The van der Waals surface area contributed by atoms with Gasteiger partial charge in [-0.25, -0.2) is 0 Å². The van der Waals surface area contributed by atoms with E-state index in [4.69, 9.17) is 11.6 Å². The molecule has 2 aromatic carbocycles. The lowest BCUT2D eigenvalue weighted by molar-refractivity contribution is -0.131. The Hall–Kier alpha value is -2.47. The zero-order valence-corrected chi connectivity index (χ0v) is 15.1. The first kappa shape index (κ1) is 17.0. The van der Waals surface area contributed by atoms with Crippen LogP contribution in [0.3, 0.4) is 0 Å². The number of benzene rings is 2. The van der Waals surface area contributed by atoms with Crippen LogP contribution in [0.4, 0.5) is 5.69 Å². The van der Waals surface area contributed by atoms with Gasteiger partial charge in [0.25, 0.3) is 5.91 Å². The van der Waals surface area contributed by atoms with Gasteiger partial charge in [-0.1, -0.05) is 48.0 Å². The fraction of sp³-hybridized carbons (Fsp3) is 0.100. The Labute approximate surface area is 159 Å². The highest BCUT2D eigenvalue weighted by atomic mass is 35.5. The maximum atomic E-state index is 13.1. The summed E-state index contributed by atoms with van der Waals surface area (Å²) >= 11 is 7.12. The molecule has 6 heteroatoms. The lowest BCUT2D eigenvalue weighted by Crippen LogP contribution is -2.45. The smallest absolute Gasteiger partial charge is 0.272 e. The predicted octanol–water partition coefficient (Wildman–Crippen LogP) is 4.02. The van der Waals surface area contributed by atoms with Gasteiger partial charge in [0.05, 0.1) is 17.1 Å². The molecule has 0 spiro atoms. The van der Waals surface area contributed by atoms with E-state index in [-0.39, 0.29) is 6.54 Å². The maximum Gasteiger partial charge on any atom is 0.272 e. The van der Waals surface area contributed by atoms with E-state index in [0.717, 1.165) is 5.56 Å². The number of anilines is 1. The van der Waals surface area contributed by atoms with E-state index in [2.05, 4.69) is 0 Å². The molecule has 1 aliphatic heterocycles. The number of para-hydroxylation sites is 1. The third-order valence-electron chi connectivity index (χ3n) is 4.47. The third-order valence-corrected chi connectivity index (χ3v) is 5.59. The lowest BCUT2D eigenvalue weighted by Gasteiger charge is -2.21. The summed E-state index contributed by atoms with van der Waals surface area (Å²) in [6.45, 7) is 0.243. The van der Waals surface area contributed by atoms with Crippen LogP contribution < -0.4 is 4.90 Å². The molecule has 4 rings (SSSR count). The topological polar surface area (TPSA) is 57.6 Å². The van der Waals surface area contributed by atoms with Crippen LogP contribution in [0.5, 0.6) is 0 Å². The van der Waals surface area contributed by atoms with Crippen molar-refractivity contribution in [2.24, 2.45) is 0 Å². The highest BCUT2D eigenvalue weighted by molar-refractivity contribution is 7.12. The first-order valence-electron chi connectivity index (χ1n) is 7.98. The molecule has 1 aliphatic rings. The fourth-order valence-electron chi connectivity index (χ4n) is 3.17. The van der Waals surface area contributed by atoms with Crippen LogP contribution in [0.1, 0.15) is 20.8 Å². The third kappa shape index (κ3) is 2.56. The second-order valence-electron chi connectivity index (χ2n) is 6.05. The summed E-state index contributed by atoms with van der Waals surface area (Å²) in [5, 5.41) is 13.5. The molecule has 26 heavy (non-hydrogen) atoms. The van der Waals surface area contributed by atoms with Gasteiger partial charge in [0, 0.05) is 10.6 Å². The largest absolute Gasteiger partial charge is 0.369 e. The van der Waals surface area contributed by atoms with Gasteiger partial charge in [-0.15, -0.1) is 11.3 Å². The Kier molecular flexibility index (Phi) is 4.15. The number of carbonyl (C=O) groups excluding carboxylic acids is 2. The van der Waals surface area contributed by atoms with E-state index in [1.807, 2.05) is 12.1 Å². The molecular formula is C20H14ClNO3S. The molecule has 1 aromatic heterocycles. The van der Waals surface area contributed by atoms with Crippen molar-refractivity contribution in [3.05, 3.63) is 87.1 Å². The number of fused-ring (bicyclic) bond motifs is 1. The minimum Gasteiger partial charge on any atom is -0.369 e. The van der Waals surface area contributed by atoms with Crippen LogP contribution in [-0.4, -0.2) is 16.8 Å². The van der Waals surface area contributed by atoms with E-state index in [1.54, 1.807) is 53.9 Å². The minimum atomic E-state index is -2.20. The second kappa shape index (κ2) is 6.36. The molecule has 0 saturated heterocycles. The summed E-state index contributed by atoms with van der Waals surface area (Å²) < 4.78 is 0. The average Bonchev–Trinajstić information content (AvgIpc) is 3.26. The molecule has 0 radical (unpaired) electrons. The van der Waals surface area contributed by atoms with Crippen LogP contribution in [0.2, 0.25) is 5.02 Å². The van der Waals surface area contributed by atoms with Gasteiger partial charge in [-0.05, 0) is 35.2 Å². The number of rotatable bonds is 4. The minimum absolute atomic E-state index is 0.243. The summed E-state index contributed by atoms with van der Waals surface area (Å²) in [5.74, 6) is -1.23. The van der Waals surface area contributed by atoms with E-state index < -0.39 is 17.3 Å². The molecule has 0 fully saturated rings. The van der Waals surface area contributed by atoms with Crippen molar-refractivity contribution >= 4 is 40.3 Å². The summed E-state index contributed by atoms with van der Waals surface area (Å²) in [5.41, 5.74) is -0.490. The highest BCUT2D eigenvalue weighted by Crippen LogP contribution is 2.43. The van der Waals surface area contributed by atoms with Gasteiger partial charge in [0.2, 0.25) is 11.4 Å². The SMILES string of the molecule is O=C(c1cccs1)C1(O)C(=O)N(Cc2ccc(Cl)cc2)c2ccccc21. The average molecular weight is 384 g/mol. The fourth-order valence-corrected chi connectivity index (χ4v) is 4.01. The van der Waals surface area contributed by atoms with Gasteiger partial charge >= 0.3 is 0 Å². The number of carbonyl (C=O) groups is 2. The molecule has 1 atom stereocenters. The molecule has 2 heterocycles. The number of hydrogen-bond donors (Lipinski definition) is 1. The van der Waals surface area contributed by atoms with Crippen molar-refractivity contribution < 1.29 is 14.7 Å². The van der Waals surface area contributed by atoms with Crippen molar-refractivity contribution in [3.8, 4) is 0 Å². The van der Waals surface area contributed by atoms with Crippen LogP contribution in [-0.2, 0) is 16.9 Å². The van der Waals surface area contributed by atoms with Crippen molar-refractivity contribution in [1.82, 2.24) is 0 Å². The van der Waals surface area contributed by atoms with Crippen molar-refractivity contribution in [1.29, 1.82) is 0 Å². The predicted molar refractivity (Wildman–Crippen MR) is 102 cm³/mol. The normalized spacial score (nSPS) is 18.8. The molecule has 0 bridgehead atoms. The summed E-state index contributed by atoms with van der Waals surface area (Å²) in [6, 6.07) is 17.3. The number of aliphatic hydroxyl groups is 1. The van der Waals surface area contributed by atoms with Gasteiger partial charge < -0.3 is 10.0 Å². The molecule has 1 unspecified atom stereocenters. The first-order valence-corrected chi connectivity index (χ1v) is 9.24. The Morgan fingerprint density at radius 3 is 2.50 bits per heavy atom. The number of nitrogens with zero attached hydrogens (tertiary/aromatic N) is 1. The van der Waals surface area contributed by atoms with Gasteiger partial charge in [0.1, 0.15) is 0 Å². The molecule has 0 aliphatic carbocycles. The van der Waals surface area contributed by atoms with Crippen molar-refractivity contribution in [3.63, 3.8) is 0 Å². The molecule has 1 amide bonds. The van der Waals surface area contributed by atoms with Crippen molar-refractivity contribution in [2.75, 3.05) is 4.90 Å². The first-order chi connectivity index (χ1) is 12.5. The van der Waals surface area contributed by atoms with Crippen LogP contribution in [0.15, 0.2) is 66.0 Å². The van der Waals surface area contributed by atoms with Crippen LogP contribution in [0.25, 0.3) is 0 Å². The van der Waals surface area contributed by atoms with E-state index >= 15 is 0 Å². The molecular weight excluding hydrogens is 370 g/mol. The summed E-state index contributed by atoms with van der Waals surface area (Å²) in [6.07, 6.45) is 0. The Bertz CT molecular complexity index is 985. The number of hydrogen-bond acceptors (Lipinski definition) is 4. The molecule has 1 N–H and O–H groups in total. The standard InChI is InChI=1S/C20H14ClNO3S/c21-14-9-7-13(8-10-14)12-22-16-5-2-1-4-15(16)20(25,19(22)24)18(23)17-6-3-11-26-17/h1-11,25H,12H2. The Morgan fingerprint density at radius 1 is 1.08 bits per heavy atom. The monoisotopic (exact) mass is 383 g/mol. The van der Waals surface area contributed by atoms with Gasteiger partial charge in [-0.2, -0.15) is 0 Å². The van der Waals surface area contributed by atoms with Gasteiger partial charge in [0.15, 0.2) is 0 Å². The number of amides is 1. The molecule has 130 valence electrons. The van der Waals surface area contributed by atoms with Gasteiger partial charge in [-0.3, -0.25) is 9.59 Å². The Morgan fingerprint density at radius 2 is 1.81 bits per heavy atom.